The second-order valence-corrected chi connectivity index (χ2v) is 3.79. The standard InChI is InChI=1S/3C5H4O3.Ag/c3*6-5(7)4-2-1-3-8-4;/h3*1-3H,(H,6,7);/p-3. The van der Waals surface area contributed by atoms with E-state index >= 15 is 0 Å². The Hall–Kier alpha value is -3.01. The SMILES string of the molecule is O=C([O-])c1ccco1.O=C([O-])c1ccco1.O=C([O-])c1ccco1.[Ag]. The molecule has 25 heavy (non-hydrogen) atoms. The fourth-order valence-electron chi connectivity index (χ4n) is 1.18. The number of carbonyl (C=O) groups excluding carboxylic acids is 3. The Morgan fingerprint density at radius 1 is 0.600 bits per heavy atom. The maximum atomic E-state index is 9.86. The first-order valence-electron chi connectivity index (χ1n) is 6.16. The fourth-order valence-corrected chi connectivity index (χ4v) is 1.18. The Kier molecular flexibility index (Phi) is 10.1. The van der Waals surface area contributed by atoms with Gasteiger partial charge >= 0.3 is 0 Å². The zero-order chi connectivity index (χ0) is 17.9. The van der Waals surface area contributed by atoms with Crippen molar-refractivity contribution in [2.75, 3.05) is 0 Å². The maximum absolute atomic E-state index is 9.86. The summed E-state index contributed by atoms with van der Waals surface area (Å²) in [6.07, 6.45) is 3.85. The molecule has 0 saturated heterocycles. The van der Waals surface area contributed by atoms with Crippen LogP contribution >= 0.6 is 0 Å². The minimum absolute atomic E-state index is 0. The van der Waals surface area contributed by atoms with Crippen LogP contribution < -0.4 is 15.3 Å². The summed E-state index contributed by atoms with van der Waals surface area (Å²) in [5.41, 5.74) is 0. The van der Waals surface area contributed by atoms with E-state index in [1.54, 1.807) is 0 Å². The first kappa shape index (κ1) is 22.0. The predicted octanol–water partition coefficient (Wildman–Crippen LogP) is -1.07. The molecule has 0 N–H and O–H groups in total. The summed E-state index contributed by atoms with van der Waals surface area (Å²) in [6.45, 7) is 0. The Labute approximate surface area is 156 Å². The van der Waals surface area contributed by atoms with Gasteiger partial charge < -0.3 is 43.0 Å². The topological polar surface area (TPSA) is 160 Å². The van der Waals surface area contributed by atoms with Gasteiger partial charge in [0.15, 0.2) is 0 Å². The zero-order valence-corrected chi connectivity index (χ0v) is 13.7. The van der Waals surface area contributed by atoms with Crippen molar-refractivity contribution in [3.63, 3.8) is 0 Å². The normalized spacial score (nSPS) is 8.64. The molecule has 0 amide bonds. The molecule has 3 aromatic heterocycles. The molecule has 0 aromatic carbocycles. The number of furan rings is 3. The van der Waals surface area contributed by atoms with Gasteiger partial charge in [0.2, 0.25) is 0 Å². The van der Waals surface area contributed by atoms with Crippen molar-refractivity contribution in [1.82, 2.24) is 0 Å². The van der Waals surface area contributed by atoms with E-state index in [1.807, 2.05) is 0 Å². The maximum Gasteiger partial charge on any atom is 0.149 e. The molecule has 10 heteroatoms. The van der Waals surface area contributed by atoms with E-state index in [2.05, 4.69) is 13.3 Å². The van der Waals surface area contributed by atoms with Gasteiger partial charge in [-0.1, -0.05) is 0 Å². The average molecular weight is 441 g/mol. The van der Waals surface area contributed by atoms with Gasteiger partial charge in [-0.05, 0) is 36.4 Å². The van der Waals surface area contributed by atoms with E-state index in [4.69, 9.17) is 0 Å². The van der Waals surface area contributed by atoms with Crippen LogP contribution in [-0.4, -0.2) is 17.9 Å². The quantitative estimate of drug-likeness (QED) is 0.461. The smallest absolute Gasteiger partial charge is 0.149 e. The molecule has 0 aliphatic rings. The number of hydrogen-bond acceptors (Lipinski definition) is 9. The number of carbonyl (C=O) groups is 3. The third-order valence-corrected chi connectivity index (χ3v) is 2.17. The van der Waals surface area contributed by atoms with Gasteiger partial charge in [0.05, 0.1) is 18.8 Å². The summed E-state index contributed by atoms with van der Waals surface area (Å²) in [5, 5.41) is 29.6. The summed E-state index contributed by atoms with van der Waals surface area (Å²) >= 11 is 0. The van der Waals surface area contributed by atoms with Crippen LogP contribution in [0.3, 0.4) is 0 Å². The van der Waals surface area contributed by atoms with E-state index in [0.717, 1.165) is 0 Å². The first-order valence-corrected chi connectivity index (χ1v) is 6.16. The van der Waals surface area contributed by atoms with E-state index in [0.29, 0.717) is 0 Å². The Balaban J connectivity index is 0.000000339. The molecule has 0 aliphatic carbocycles. The number of aromatic carboxylic acids is 3. The van der Waals surface area contributed by atoms with E-state index in [1.165, 1.54) is 55.2 Å². The molecule has 0 atom stereocenters. The van der Waals surface area contributed by atoms with Crippen molar-refractivity contribution in [2.24, 2.45) is 0 Å². The van der Waals surface area contributed by atoms with Gasteiger partial charge in [0.1, 0.15) is 35.2 Å². The van der Waals surface area contributed by atoms with Crippen LogP contribution in [0, 0.1) is 0 Å². The Bertz CT molecular complexity index is 638. The van der Waals surface area contributed by atoms with Crippen LogP contribution in [0.4, 0.5) is 0 Å². The molecule has 3 heterocycles. The monoisotopic (exact) mass is 440 g/mol. The molecule has 9 nitrogen and oxygen atoms in total. The third-order valence-electron chi connectivity index (χ3n) is 2.17. The molecule has 3 aromatic rings. The number of hydrogen-bond donors (Lipinski definition) is 0. The molecule has 0 bridgehead atoms. The van der Waals surface area contributed by atoms with Crippen LogP contribution in [0.2, 0.25) is 0 Å². The van der Waals surface area contributed by atoms with Gasteiger partial charge in [-0.3, -0.25) is 0 Å². The number of rotatable bonds is 3. The molecule has 0 unspecified atom stereocenters. The van der Waals surface area contributed by atoms with Crippen molar-refractivity contribution in [3.05, 3.63) is 72.5 Å². The molecule has 1 radical (unpaired) electrons. The minimum atomic E-state index is -1.28. The molecular weight excluding hydrogens is 432 g/mol. The average Bonchev–Trinajstić information content (AvgIpc) is 3.29. The molecule has 3 rings (SSSR count). The first-order chi connectivity index (χ1) is 11.4. The second-order valence-electron chi connectivity index (χ2n) is 3.79. The molecular formula is C15H9AgO9-3. The van der Waals surface area contributed by atoms with Crippen LogP contribution in [0.5, 0.6) is 0 Å². The summed E-state index contributed by atoms with van der Waals surface area (Å²) in [5.74, 6) is -4.25. The van der Waals surface area contributed by atoms with E-state index in [-0.39, 0.29) is 39.7 Å². The molecule has 0 fully saturated rings. The number of carboxylic acids is 3. The summed E-state index contributed by atoms with van der Waals surface area (Å²) < 4.78 is 13.3. The van der Waals surface area contributed by atoms with Gasteiger partial charge in [-0.2, -0.15) is 0 Å². The zero-order valence-electron chi connectivity index (χ0n) is 12.2. The van der Waals surface area contributed by atoms with Crippen LogP contribution in [0.25, 0.3) is 0 Å². The van der Waals surface area contributed by atoms with Gasteiger partial charge in [0, 0.05) is 22.4 Å². The Morgan fingerprint density at radius 2 is 0.840 bits per heavy atom. The Morgan fingerprint density at radius 3 is 0.920 bits per heavy atom. The molecule has 0 spiro atoms. The third kappa shape index (κ3) is 8.42. The molecule has 137 valence electrons. The van der Waals surface area contributed by atoms with Crippen molar-refractivity contribution in [2.45, 2.75) is 0 Å². The van der Waals surface area contributed by atoms with Gasteiger partial charge in [0.25, 0.3) is 0 Å². The molecule has 0 saturated carbocycles. The van der Waals surface area contributed by atoms with Crippen LogP contribution in [0.15, 0.2) is 68.4 Å². The summed E-state index contributed by atoms with van der Waals surface area (Å²) in [7, 11) is 0. The fraction of sp³-hybridized carbons (Fsp3) is 0. The van der Waals surface area contributed by atoms with Crippen LogP contribution in [-0.2, 0) is 22.4 Å². The van der Waals surface area contributed by atoms with E-state index in [9.17, 15) is 29.7 Å². The van der Waals surface area contributed by atoms with Crippen molar-refractivity contribution in [3.8, 4) is 0 Å². The van der Waals surface area contributed by atoms with Crippen molar-refractivity contribution in [1.29, 1.82) is 0 Å². The van der Waals surface area contributed by atoms with Crippen LogP contribution in [0.1, 0.15) is 31.7 Å². The predicted molar refractivity (Wildman–Crippen MR) is 69.1 cm³/mol. The van der Waals surface area contributed by atoms with Crippen molar-refractivity contribution < 1.29 is 65.3 Å². The minimum Gasteiger partial charge on any atom is -0.542 e. The second kappa shape index (κ2) is 11.5. The summed E-state index contributed by atoms with van der Waals surface area (Å²) in [6, 6.07) is 8.46. The summed E-state index contributed by atoms with van der Waals surface area (Å²) in [4.78, 5) is 29.6. The largest absolute Gasteiger partial charge is 0.542 e. The van der Waals surface area contributed by atoms with E-state index < -0.39 is 17.9 Å². The van der Waals surface area contributed by atoms with Gasteiger partial charge in [-0.25, -0.2) is 0 Å². The number of carboxylic acid groups (broad SMARTS) is 3. The van der Waals surface area contributed by atoms with Gasteiger partial charge in [-0.15, -0.1) is 0 Å². The molecule has 0 aliphatic heterocycles. The van der Waals surface area contributed by atoms with Crippen molar-refractivity contribution >= 4 is 17.9 Å².